The maximum absolute atomic E-state index is 12.4. The smallest absolute Gasteiger partial charge is 0.118 e. The van der Waals surface area contributed by atoms with Crippen molar-refractivity contribution in [1.29, 1.82) is 0 Å². The summed E-state index contributed by atoms with van der Waals surface area (Å²) in [7, 11) is 0. The maximum atomic E-state index is 12.4. The van der Waals surface area contributed by atoms with Gasteiger partial charge >= 0.3 is 0 Å². The molecule has 0 fully saturated rings. The van der Waals surface area contributed by atoms with E-state index in [9.17, 15) is 4.39 Å². The van der Waals surface area contributed by atoms with Crippen molar-refractivity contribution in [2.75, 3.05) is 0 Å². The first-order valence-electron chi connectivity index (χ1n) is 3.74. The second-order valence-corrected chi connectivity index (χ2v) is 3.09. The molecule has 1 rings (SSSR count). The van der Waals surface area contributed by atoms with Crippen molar-refractivity contribution in [1.82, 2.24) is 0 Å². The fourth-order valence-electron chi connectivity index (χ4n) is 1.11. The number of allylic oxidation sites excluding steroid dienone is 4. The van der Waals surface area contributed by atoms with Crippen LogP contribution < -0.4 is 0 Å². The molecule has 0 heterocycles. The Bertz CT molecular complexity index is 166. The van der Waals surface area contributed by atoms with E-state index in [-0.39, 0.29) is 5.83 Å². The third kappa shape index (κ3) is 1.69. The van der Waals surface area contributed by atoms with E-state index >= 15 is 0 Å². The first-order chi connectivity index (χ1) is 4.70. The minimum absolute atomic E-state index is 0.0862. The van der Waals surface area contributed by atoms with Gasteiger partial charge in [0.15, 0.2) is 0 Å². The predicted octanol–water partition coefficient (Wildman–Crippen LogP) is 3.07. The average molecular weight is 140 g/mol. The molecule has 0 aromatic rings. The van der Waals surface area contributed by atoms with E-state index in [0.717, 1.165) is 6.42 Å². The highest BCUT2D eigenvalue weighted by molar-refractivity contribution is 5.17. The summed E-state index contributed by atoms with van der Waals surface area (Å²) in [6, 6.07) is 0. The van der Waals surface area contributed by atoms with Gasteiger partial charge < -0.3 is 0 Å². The van der Waals surface area contributed by atoms with E-state index < -0.39 is 0 Å². The number of hydrogen-bond donors (Lipinski definition) is 0. The van der Waals surface area contributed by atoms with Crippen LogP contribution in [0.4, 0.5) is 4.39 Å². The molecule has 56 valence electrons. The molecule has 0 spiro atoms. The van der Waals surface area contributed by atoms with Crippen molar-refractivity contribution in [2.24, 2.45) is 11.8 Å². The minimum atomic E-state index is -0.0862. The lowest BCUT2D eigenvalue weighted by Gasteiger charge is -2.16. The highest BCUT2D eigenvalue weighted by Crippen LogP contribution is 2.23. The van der Waals surface area contributed by atoms with Gasteiger partial charge in [0.2, 0.25) is 0 Å². The lowest BCUT2D eigenvalue weighted by atomic mass is 9.90. The van der Waals surface area contributed by atoms with Gasteiger partial charge in [-0.05, 0) is 30.4 Å². The van der Waals surface area contributed by atoms with Crippen LogP contribution in [-0.2, 0) is 0 Å². The molecule has 0 amide bonds. The van der Waals surface area contributed by atoms with Gasteiger partial charge in [-0.2, -0.15) is 0 Å². The van der Waals surface area contributed by atoms with Gasteiger partial charge in [-0.3, -0.25) is 0 Å². The van der Waals surface area contributed by atoms with Crippen molar-refractivity contribution in [3.05, 3.63) is 24.1 Å². The summed E-state index contributed by atoms with van der Waals surface area (Å²) < 4.78 is 12.4. The van der Waals surface area contributed by atoms with Gasteiger partial charge in [0, 0.05) is 0 Å². The minimum Gasteiger partial charge on any atom is -0.207 e. The zero-order chi connectivity index (χ0) is 7.56. The Morgan fingerprint density at radius 3 is 2.70 bits per heavy atom. The lowest BCUT2D eigenvalue weighted by molar-refractivity contribution is 0.458. The molecule has 0 aliphatic heterocycles. The van der Waals surface area contributed by atoms with Gasteiger partial charge in [0.05, 0.1) is 0 Å². The van der Waals surface area contributed by atoms with Crippen LogP contribution >= 0.6 is 0 Å². The number of halogens is 1. The summed E-state index contributed by atoms with van der Waals surface area (Å²) in [5, 5.41) is 0. The summed E-state index contributed by atoms with van der Waals surface area (Å²) in [5.41, 5.74) is 0. The van der Waals surface area contributed by atoms with E-state index in [1.165, 1.54) is 0 Å². The monoisotopic (exact) mass is 140 g/mol. The Balaban J connectivity index is 2.52. The summed E-state index contributed by atoms with van der Waals surface area (Å²) in [5.74, 6) is 1.08. The van der Waals surface area contributed by atoms with Crippen LogP contribution in [0.2, 0.25) is 0 Å². The second-order valence-electron chi connectivity index (χ2n) is 3.09. The number of rotatable bonds is 1. The van der Waals surface area contributed by atoms with E-state index in [0.29, 0.717) is 11.8 Å². The standard InChI is InChI=1S/C9H13F/c1-7(2)8-3-5-9(10)6-4-8/h3,5-8H,4H2,1-2H3. The maximum Gasteiger partial charge on any atom is 0.118 e. The molecule has 1 heteroatoms. The van der Waals surface area contributed by atoms with Gasteiger partial charge in [0.25, 0.3) is 0 Å². The van der Waals surface area contributed by atoms with Crippen molar-refractivity contribution >= 4 is 0 Å². The molecule has 0 aromatic heterocycles. The normalized spacial score (nSPS) is 25.2. The van der Waals surface area contributed by atoms with Crippen molar-refractivity contribution in [2.45, 2.75) is 20.3 Å². The summed E-state index contributed by atoms with van der Waals surface area (Å²) in [6.07, 6.45) is 6.04. The SMILES string of the molecule is CC(C)C1C=CC(F)=CC1. The molecular weight excluding hydrogens is 127 g/mol. The van der Waals surface area contributed by atoms with Crippen LogP contribution in [0.3, 0.4) is 0 Å². The van der Waals surface area contributed by atoms with E-state index in [1.54, 1.807) is 12.2 Å². The van der Waals surface area contributed by atoms with Crippen LogP contribution in [0.25, 0.3) is 0 Å². The summed E-state index contributed by atoms with van der Waals surface area (Å²) in [6.45, 7) is 4.32. The molecule has 0 saturated carbocycles. The van der Waals surface area contributed by atoms with Gasteiger partial charge in [0.1, 0.15) is 5.83 Å². The Labute approximate surface area is 61.4 Å². The second kappa shape index (κ2) is 3.00. The topological polar surface area (TPSA) is 0 Å². The molecule has 0 saturated heterocycles. The van der Waals surface area contributed by atoms with Crippen LogP contribution in [-0.4, -0.2) is 0 Å². The fourth-order valence-corrected chi connectivity index (χ4v) is 1.11. The third-order valence-corrected chi connectivity index (χ3v) is 1.94. The van der Waals surface area contributed by atoms with Crippen molar-refractivity contribution < 1.29 is 4.39 Å². The zero-order valence-corrected chi connectivity index (χ0v) is 6.47. The molecule has 0 aromatic carbocycles. The molecule has 0 N–H and O–H groups in total. The Morgan fingerprint density at radius 1 is 1.60 bits per heavy atom. The highest BCUT2D eigenvalue weighted by Gasteiger charge is 2.11. The molecule has 1 unspecified atom stereocenters. The Morgan fingerprint density at radius 2 is 2.30 bits per heavy atom. The largest absolute Gasteiger partial charge is 0.207 e. The first-order valence-corrected chi connectivity index (χ1v) is 3.74. The van der Waals surface area contributed by atoms with Crippen LogP contribution in [0.1, 0.15) is 20.3 Å². The molecule has 1 atom stereocenters. The Hall–Kier alpha value is -0.590. The van der Waals surface area contributed by atoms with E-state index in [2.05, 4.69) is 13.8 Å². The molecule has 1 aliphatic carbocycles. The van der Waals surface area contributed by atoms with Crippen LogP contribution in [0.15, 0.2) is 24.1 Å². The quantitative estimate of drug-likeness (QED) is 0.525. The van der Waals surface area contributed by atoms with Crippen molar-refractivity contribution in [3.63, 3.8) is 0 Å². The van der Waals surface area contributed by atoms with Crippen LogP contribution in [0, 0.1) is 11.8 Å². The van der Waals surface area contributed by atoms with Gasteiger partial charge in [-0.25, -0.2) is 4.39 Å². The highest BCUT2D eigenvalue weighted by atomic mass is 19.1. The molecule has 0 nitrogen and oxygen atoms in total. The average Bonchev–Trinajstić information content (AvgIpc) is 1.88. The van der Waals surface area contributed by atoms with Gasteiger partial charge in [-0.1, -0.05) is 19.9 Å². The Kier molecular flexibility index (Phi) is 2.25. The number of hydrogen-bond acceptors (Lipinski definition) is 0. The third-order valence-electron chi connectivity index (χ3n) is 1.94. The van der Waals surface area contributed by atoms with Crippen LogP contribution in [0.5, 0.6) is 0 Å². The summed E-state index contributed by atoms with van der Waals surface area (Å²) >= 11 is 0. The predicted molar refractivity (Wildman–Crippen MR) is 41.3 cm³/mol. The molecule has 0 bridgehead atoms. The van der Waals surface area contributed by atoms with Crippen molar-refractivity contribution in [3.8, 4) is 0 Å². The molecule has 10 heavy (non-hydrogen) atoms. The summed E-state index contributed by atoms with van der Waals surface area (Å²) in [4.78, 5) is 0. The van der Waals surface area contributed by atoms with E-state index in [1.807, 2.05) is 6.08 Å². The first kappa shape index (κ1) is 7.52. The fraction of sp³-hybridized carbons (Fsp3) is 0.556. The lowest BCUT2D eigenvalue weighted by Crippen LogP contribution is -2.06. The molecular formula is C9H13F. The zero-order valence-electron chi connectivity index (χ0n) is 6.47. The van der Waals surface area contributed by atoms with E-state index in [4.69, 9.17) is 0 Å². The molecule has 0 radical (unpaired) electrons. The molecule has 1 aliphatic rings. The van der Waals surface area contributed by atoms with Gasteiger partial charge in [-0.15, -0.1) is 0 Å².